The normalized spacial score (nSPS) is 16.6. The molecule has 2 aliphatic rings. The lowest BCUT2D eigenvalue weighted by molar-refractivity contribution is 0.0824. The summed E-state index contributed by atoms with van der Waals surface area (Å²) in [6, 6.07) is 5.18. The molecule has 1 fully saturated rings. The summed E-state index contributed by atoms with van der Waals surface area (Å²) in [5.74, 6) is -0.149. The molecule has 0 unspecified atom stereocenters. The second kappa shape index (κ2) is 4.93. The van der Waals surface area contributed by atoms with E-state index < -0.39 is 11.7 Å². The smallest absolute Gasteiger partial charge is 0.258 e. The molecule has 1 amide bonds. The molecule has 2 heterocycles. The van der Waals surface area contributed by atoms with E-state index in [1.54, 1.807) is 32.4 Å². The fourth-order valence-electron chi connectivity index (χ4n) is 3.36. The van der Waals surface area contributed by atoms with Gasteiger partial charge in [-0.2, -0.15) is 0 Å². The molecule has 1 aliphatic heterocycles. The highest BCUT2D eigenvalue weighted by Gasteiger charge is 2.49. The van der Waals surface area contributed by atoms with E-state index in [0.717, 1.165) is 30.8 Å². The van der Waals surface area contributed by atoms with Crippen molar-refractivity contribution in [1.82, 2.24) is 9.88 Å². The van der Waals surface area contributed by atoms with Crippen LogP contribution in [0.15, 0.2) is 24.4 Å². The summed E-state index contributed by atoms with van der Waals surface area (Å²) in [6.07, 6.45) is 3.91. The number of pyridine rings is 1. The summed E-state index contributed by atoms with van der Waals surface area (Å²) in [5, 5.41) is 3.31. The summed E-state index contributed by atoms with van der Waals surface area (Å²) in [7, 11) is 3.15. The van der Waals surface area contributed by atoms with Crippen molar-refractivity contribution in [2.75, 3.05) is 31.7 Å². The molecule has 0 radical (unpaired) electrons. The van der Waals surface area contributed by atoms with Crippen LogP contribution in [0.3, 0.4) is 0 Å². The summed E-state index contributed by atoms with van der Waals surface area (Å²) in [4.78, 5) is 18.0. The van der Waals surface area contributed by atoms with E-state index in [2.05, 4.69) is 10.3 Å². The first-order valence-electron chi connectivity index (χ1n) is 7.97. The average Bonchev–Trinajstić information content (AvgIpc) is 3.25. The summed E-state index contributed by atoms with van der Waals surface area (Å²) in [6.45, 7) is 0.896. The van der Waals surface area contributed by atoms with Crippen LogP contribution in [0.2, 0.25) is 0 Å². The van der Waals surface area contributed by atoms with E-state index in [-0.39, 0.29) is 16.7 Å². The highest BCUT2D eigenvalue weighted by Crippen LogP contribution is 2.54. The topological polar surface area (TPSA) is 71.2 Å². The SMILES string of the molecule is CN(C)C(=O)c1c(N)ccc(-c2cnc3c(c2)C2(CC2)CN3)c1F. The van der Waals surface area contributed by atoms with Crippen LogP contribution in [0.1, 0.15) is 28.8 Å². The van der Waals surface area contributed by atoms with Crippen molar-refractivity contribution in [3.63, 3.8) is 0 Å². The van der Waals surface area contributed by atoms with Gasteiger partial charge in [-0.25, -0.2) is 9.37 Å². The summed E-state index contributed by atoms with van der Waals surface area (Å²) in [5.41, 5.74) is 8.24. The van der Waals surface area contributed by atoms with Gasteiger partial charge in [0.15, 0.2) is 0 Å². The number of anilines is 2. The molecule has 0 saturated heterocycles. The Morgan fingerprint density at radius 1 is 1.38 bits per heavy atom. The van der Waals surface area contributed by atoms with Crippen molar-refractivity contribution in [3.05, 3.63) is 41.3 Å². The number of rotatable bonds is 2. The van der Waals surface area contributed by atoms with Gasteiger partial charge in [-0.3, -0.25) is 4.79 Å². The number of nitrogens with one attached hydrogen (secondary N) is 1. The van der Waals surface area contributed by atoms with Gasteiger partial charge >= 0.3 is 0 Å². The predicted octanol–water partition coefficient (Wildman–Crippen LogP) is 2.63. The average molecular weight is 326 g/mol. The van der Waals surface area contributed by atoms with E-state index >= 15 is 4.39 Å². The number of amides is 1. The zero-order chi connectivity index (χ0) is 17.1. The Bertz CT molecular complexity index is 858. The van der Waals surface area contributed by atoms with Crippen molar-refractivity contribution in [3.8, 4) is 11.1 Å². The van der Waals surface area contributed by atoms with Gasteiger partial charge in [0.05, 0.1) is 5.56 Å². The van der Waals surface area contributed by atoms with Gasteiger partial charge in [0, 0.05) is 54.6 Å². The van der Waals surface area contributed by atoms with Gasteiger partial charge in [0.25, 0.3) is 5.91 Å². The maximum absolute atomic E-state index is 15.0. The fourth-order valence-corrected chi connectivity index (χ4v) is 3.36. The minimum Gasteiger partial charge on any atom is -0.398 e. The second-order valence-corrected chi connectivity index (χ2v) is 6.84. The van der Waals surface area contributed by atoms with Crippen LogP contribution in [0.5, 0.6) is 0 Å². The predicted molar refractivity (Wildman–Crippen MR) is 91.5 cm³/mol. The first kappa shape index (κ1) is 14.9. The van der Waals surface area contributed by atoms with Crippen LogP contribution < -0.4 is 11.1 Å². The Labute approximate surface area is 139 Å². The van der Waals surface area contributed by atoms with E-state index in [1.165, 1.54) is 4.90 Å². The number of fused-ring (bicyclic) bond motifs is 2. The van der Waals surface area contributed by atoms with Gasteiger partial charge in [-0.1, -0.05) is 0 Å². The number of nitrogen functional groups attached to an aromatic ring is 1. The lowest BCUT2D eigenvalue weighted by Crippen LogP contribution is -2.24. The van der Waals surface area contributed by atoms with Crippen LogP contribution in [0.4, 0.5) is 15.9 Å². The molecule has 2 aromatic rings. The minimum atomic E-state index is -0.591. The largest absolute Gasteiger partial charge is 0.398 e. The van der Waals surface area contributed by atoms with Crippen LogP contribution in [-0.4, -0.2) is 36.4 Å². The maximum atomic E-state index is 15.0. The molecule has 0 atom stereocenters. The molecule has 124 valence electrons. The molecule has 1 aromatic carbocycles. The first-order chi connectivity index (χ1) is 11.4. The van der Waals surface area contributed by atoms with Crippen molar-refractivity contribution in [1.29, 1.82) is 0 Å². The number of carbonyl (C=O) groups is 1. The lowest BCUT2D eigenvalue weighted by Gasteiger charge is -2.15. The van der Waals surface area contributed by atoms with Crippen LogP contribution >= 0.6 is 0 Å². The summed E-state index contributed by atoms with van der Waals surface area (Å²) < 4.78 is 15.0. The molecule has 6 heteroatoms. The van der Waals surface area contributed by atoms with Crippen molar-refractivity contribution < 1.29 is 9.18 Å². The van der Waals surface area contributed by atoms with E-state index in [0.29, 0.717) is 11.1 Å². The molecule has 1 spiro atoms. The Hall–Kier alpha value is -2.63. The first-order valence-corrected chi connectivity index (χ1v) is 7.97. The minimum absolute atomic E-state index is 0.0859. The van der Waals surface area contributed by atoms with Gasteiger partial charge in [0.2, 0.25) is 0 Å². The zero-order valence-electron chi connectivity index (χ0n) is 13.7. The molecule has 4 rings (SSSR count). The highest BCUT2D eigenvalue weighted by atomic mass is 19.1. The zero-order valence-corrected chi connectivity index (χ0v) is 13.7. The Kier molecular flexibility index (Phi) is 3.07. The molecular formula is C18H19FN4O. The number of nitrogens with two attached hydrogens (primary N) is 1. The highest BCUT2D eigenvalue weighted by molar-refractivity contribution is 6.00. The third-order valence-corrected chi connectivity index (χ3v) is 5.01. The number of aromatic nitrogens is 1. The Morgan fingerprint density at radius 2 is 2.12 bits per heavy atom. The van der Waals surface area contributed by atoms with E-state index in [1.807, 2.05) is 6.07 Å². The molecule has 1 aromatic heterocycles. The lowest BCUT2D eigenvalue weighted by atomic mass is 9.95. The number of nitrogens with zero attached hydrogens (tertiary/aromatic N) is 2. The molecule has 1 aliphatic carbocycles. The van der Waals surface area contributed by atoms with Crippen LogP contribution in [-0.2, 0) is 5.41 Å². The fraction of sp³-hybridized carbons (Fsp3) is 0.333. The monoisotopic (exact) mass is 326 g/mol. The Morgan fingerprint density at radius 3 is 2.79 bits per heavy atom. The van der Waals surface area contributed by atoms with Crippen molar-refractivity contribution in [2.45, 2.75) is 18.3 Å². The number of carbonyl (C=O) groups excluding carboxylic acids is 1. The number of hydrogen-bond acceptors (Lipinski definition) is 4. The molecule has 3 N–H and O–H groups in total. The van der Waals surface area contributed by atoms with Crippen molar-refractivity contribution in [2.24, 2.45) is 0 Å². The third-order valence-electron chi connectivity index (χ3n) is 5.01. The molecule has 5 nitrogen and oxygen atoms in total. The second-order valence-electron chi connectivity index (χ2n) is 6.84. The standard InChI is InChI=1S/C18H19FN4O/c1-23(2)17(24)14-13(20)4-3-11(15(14)19)10-7-12-16(21-8-10)22-9-18(12)5-6-18/h3-4,7-8H,5-6,9,20H2,1-2H3,(H,21,22). The Balaban J connectivity index is 1.84. The molecule has 1 saturated carbocycles. The molecule has 0 bridgehead atoms. The van der Waals surface area contributed by atoms with E-state index in [9.17, 15) is 4.79 Å². The van der Waals surface area contributed by atoms with Crippen LogP contribution in [0, 0.1) is 5.82 Å². The van der Waals surface area contributed by atoms with Gasteiger partial charge < -0.3 is 16.0 Å². The number of benzene rings is 1. The van der Waals surface area contributed by atoms with Crippen molar-refractivity contribution >= 4 is 17.4 Å². The van der Waals surface area contributed by atoms with Gasteiger partial charge in [0.1, 0.15) is 11.6 Å². The van der Waals surface area contributed by atoms with Crippen LogP contribution in [0.25, 0.3) is 11.1 Å². The quantitative estimate of drug-likeness (QED) is 0.832. The molecule has 24 heavy (non-hydrogen) atoms. The van der Waals surface area contributed by atoms with Gasteiger partial charge in [-0.05, 0) is 31.0 Å². The van der Waals surface area contributed by atoms with Gasteiger partial charge in [-0.15, -0.1) is 0 Å². The van der Waals surface area contributed by atoms with E-state index in [4.69, 9.17) is 5.73 Å². The maximum Gasteiger partial charge on any atom is 0.258 e. The molecular weight excluding hydrogens is 307 g/mol. The number of hydrogen-bond donors (Lipinski definition) is 2. The third kappa shape index (κ3) is 2.06. The summed E-state index contributed by atoms with van der Waals surface area (Å²) >= 11 is 0. The number of halogens is 1.